The quantitative estimate of drug-likeness (QED) is 0.453. The monoisotopic (exact) mass is 462 g/mol. The lowest BCUT2D eigenvalue weighted by molar-refractivity contribution is -0.317. The van der Waals surface area contributed by atoms with Crippen molar-refractivity contribution in [1.82, 2.24) is 0 Å². The van der Waals surface area contributed by atoms with Crippen LogP contribution >= 0.6 is 0 Å². The molecule has 4 rings (SSSR count). The second kappa shape index (κ2) is 12.2. The summed E-state index contributed by atoms with van der Waals surface area (Å²) in [4.78, 5) is 0. The molecule has 1 heterocycles. The van der Waals surface area contributed by atoms with E-state index in [4.69, 9.17) is 18.9 Å². The fourth-order valence-electron chi connectivity index (χ4n) is 4.39. The van der Waals surface area contributed by atoms with E-state index in [0.29, 0.717) is 19.8 Å². The molecule has 0 aromatic heterocycles. The maximum absolute atomic E-state index is 10.5. The van der Waals surface area contributed by atoms with E-state index in [1.165, 1.54) is 0 Å². The number of hydrogen-bond acceptors (Lipinski definition) is 5. The lowest BCUT2D eigenvalue weighted by atomic mass is 9.87. The van der Waals surface area contributed by atoms with Crippen molar-refractivity contribution in [2.24, 2.45) is 5.92 Å². The van der Waals surface area contributed by atoms with E-state index in [0.717, 1.165) is 16.7 Å². The summed E-state index contributed by atoms with van der Waals surface area (Å²) in [6.07, 6.45) is -2.56. The summed E-state index contributed by atoms with van der Waals surface area (Å²) in [7, 11) is 0. The maximum atomic E-state index is 10.5. The Morgan fingerprint density at radius 2 is 1.09 bits per heavy atom. The molecule has 0 bridgehead atoms. The molecule has 3 aromatic carbocycles. The number of hydrogen-bond donors (Lipinski definition) is 1. The Kier molecular flexibility index (Phi) is 8.85. The average molecular weight is 463 g/mol. The van der Waals surface area contributed by atoms with Gasteiger partial charge in [0.05, 0.1) is 38.1 Å². The predicted octanol–water partition coefficient (Wildman–Crippen LogP) is 5.12. The van der Waals surface area contributed by atoms with Crippen LogP contribution in [-0.4, -0.2) is 35.8 Å². The molecule has 5 heteroatoms. The zero-order chi connectivity index (χ0) is 23.8. The van der Waals surface area contributed by atoms with E-state index >= 15 is 0 Å². The highest BCUT2D eigenvalue weighted by atomic mass is 16.7. The van der Waals surface area contributed by atoms with E-state index in [1.807, 2.05) is 97.9 Å². The van der Waals surface area contributed by atoms with Crippen molar-refractivity contribution in [3.05, 3.63) is 108 Å². The van der Waals surface area contributed by atoms with Gasteiger partial charge in [-0.25, -0.2) is 0 Å². The second-order valence-corrected chi connectivity index (χ2v) is 8.89. The van der Waals surface area contributed by atoms with Crippen LogP contribution < -0.4 is 0 Å². The molecule has 180 valence electrons. The molecule has 0 spiro atoms. The first kappa shape index (κ1) is 24.6. The summed E-state index contributed by atoms with van der Waals surface area (Å²) in [5.74, 6) is -0.0962. The molecule has 0 radical (unpaired) electrons. The van der Waals surface area contributed by atoms with Gasteiger partial charge in [-0.3, -0.25) is 0 Å². The minimum absolute atomic E-state index is 0.0962. The highest BCUT2D eigenvalue weighted by Gasteiger charge is 2.47. The van der Waals surface area contributed by atoms with Crippen LogP contribution in [0.2, 0.25) is 0 Å². The zero-order valence-electron chi connectivity index (χ0n) is 19.8. The Bertz CT molecular complexity index is 964. The van der Waals surface area contributed by atoms with Crippen LogP contribution in [0.15, 0.2) is 91.0 Å². The van der Waals surface area contributed by atoms with E-state index in [1.54, 1.807) is 6.92 Å². The Balaban J connectivity index is 1.55. The fraction of sp³-hybridized carbons (Fsp3) is 0.379. The van der Waals surface area contributed by atoms with Crippen LogP contribution in [0.25, 0.3) is 0 Å². The first-order valence-corrected chi connectivity index (χ1v) is 11.9. The van der Waals surface area contributed by atoms with Crippen LogP contribution in [0.5, 0.6) is 0 Å². The number of benzene rings is 3. The lowest BCUT2D eigenvalue weighted by Crippen LogP contribution is -2.58. The standard InChI is InChI=1S/C29H34O5/c1-21-26(22(2)30)34-29(33-20-25-16-10-5-11-17-25)28(32-19-24-14-8-4-9-15-24)27(21)31-18-23-12-6-3-7-13-23/h3-17,21-22,26-30H,18-20H2,1-2H3/t21-,22+,26+,27+,28+,29+/m1/s1. The van der Waals surface area contributed by atoms with Crippen molar-refractivity contribution in [3.63, 3.8) is 0 Å². The van der Waals surface area contributed by atoms with Crippen LogP contribution in [0.3, 0.4) is 0 Å². The van der Waals surface area contributed by atoms with Crippen LogP contribution in [0.1, 0.15) is 30.5 Å². The summed E-state index contributed by atoms with van der Waals surface area (Å²) >= 11 is 0. The fourth-order valence-corrected chi connectivity index (χ4v) is 4.39. The van der Waals surface area contributed by atoms with Crippen molar-refractivity contribution < 1.29 is 24.1 Å². The van der Waals surface area contributed by atoms with Crippen molar-refractivity contribution >= 4 is 0 Å². The van der Waals surface area contributed by atoms with Crippen LogP contribution in [0, 0.1) is 5.92 Å². The molecule has 3 aromatic rings. The van der Waals surface area contributed by atoms with Gasteiger partial charge in [0.1, 0.15) is 6.10 Å². The van der Waals surface area contributed by atoms with Crippen molar-refractivity contribution in [1.29, 1.82) is 0 Å². The Morgan fingerprint density at radius 1 is 0.676 bits per heavy atom. The molecule has 1 saturated heterocycles. The molecule has 1 aliphatic rings. The predicted molar refractivity (Wildman–Crippen MR) is 131 cm³/mol. The number of aliphatic hydroxyl groups is 1. The van der Waals surface area contributed by atoms with Gasteiger partial charge >= 0.3 is 0 Å². The van der Waals surface area contributed by atoms with Gasteiger partial charge in [-0.2, -0.15) is 0 Å². The third-order valence-corrected chi connectivity index (χ3v) is 6.22. The van der Waals surface area contributed by atoms with Gasteiger partial charge in [-0.1, -0.05) is 97.9 Å². The molecule has 0 saturated carbocycles. The van der Waals surface area contributed by atoms with Gasteiger partial charge in [-0.05, 0) is 23.6 Å². The Morgan fingerprint density at radius 3 is 1.53 bits per heavy atom. The SMILES string of the molecule is C[C@H]1[C@H](OCc2ccccc2)[C@H](OCc2ccccc2)[C@@H](OCc2ccccc2)O[C@@H]1[C@H](C)O. The van der Waals surface area contributed by atoms with Gasteiger partial charge in [0.2, 0.25) is 0 Å². The van der Waals surface area contributed by atoms with Crippen LogP contribution in [0.4, 0.5) is 0 Å². The summed E-state index contributed by atoms with van der Waals surface area (Å²) in [5, 5.41) is 10.5. The number of rotatable bonds is 10. The number of ether oxygens (including phenoxy) is 4. The summed E-state index contributed by atoms with van der Waals surface area (Å²) in [5.41, 5.74) is 3.19. The van der Waals surface area contributed by atoms with Crippen LogP contribution in [-0.2, 0) is 38.8 Å². The van der Waals surface area contributed by atoms with E-state index < -0.39 is 24.6 Å². The van der Waals surface area contributed by atoms with Crippen molar-refractivity contribution in [3.8, 4) is 0 Å². The molecule has 0 aliphatic carbocycles. The average Bonchev–Trinajstić information content (AvgIpc) is 2.87. The van der Waals surface area contributed by atoms with Gasteiger partial charge < -0.3 is 24.1 Å². The normalized spacial score (nSPS) is 25.7. The van der Waals surface area contributed by atoms with Crippen molar-refractivity contribution in [2.75, 3.05) is 0 Å². The minimum Gasteiger partial charge on any atom is -0.391 e. The minimum atomic E-state index is -0.680. The molecule has 5 nitrogen and oxygen atoms in total. The summed E-state index contributed by atoms with van der Waals surface area (Å²) in [6.45, 7) is 5.02. The molecule has 0 amide bonds. The Hall–Kier alpha value is -2.54. The highest BCUT2D eigenvalue weighted by Crippen LogP contribution is 2.34. The molecular weight excluding hydrogens is 428 g/mol. The van der Waals surface area contributed by atoms with Crippen molar-refractivity contribution in [2.45, 2.75) is 64.4 Å². The molecule has 6 atom stereocenters. The third-order valence-electron chi connectivity index (χ3n) is 6.22. The van der Waals surface area contributed by atoms with Gasteiger partial charge in [0.25, 0.3) is 0 Å². The lowest BCUT2D eigenvalue weighted by Gasteiger charge is -2.46. The topological polar surface area (TPSA) is 57.2 Å². The molecular formula is C29H34O5. The van der Waals surface area contributed by atoms with Gasteiger partial charge in [-0.15, -0.1) is 0 Å². The Labute approximate surface area is 202 Å². The highest BCUT2D eigenvalue weighted by molar-refractivity contribution is 5.15. The third kappa shape index (κ3) is 6.53. The van der Waals surface area contributed by atoms with Gasteiger partial charge in [0.15, 0.2) is 6.29 Å². The molecule has 1 N–H and O–H groups in total. The second-order valence-electron chi connectivity index (χ2n) is 8.89. The van der Waals surface area contributed by atoms with E-state index in [2.05, 4.69) is 0 Å². The first-order valence-electron chi connectivity index (χ1n) is 11.9. The molecule has 1 fully saturated rings. The number of aliphatic hydroxyl groups excluding tert-OH is 1. The largest absolute Gasteiger partial charge is 0.391 e. The zero-order valence-corrected chi connectivity index (χ0v) is 19.8. The summed E-state index contributed by atoms with van der Waals surface area (Å²) in [6, 6.07) is 30.1. The smallest absolute Gasteiger partial charge is 0.187 e. The first-order chi connectivity index (χ1) is 16.6. The van der Waals surface area contributed by atoms with E-state index in [-0.39, 0.29) is 12.0 Å². The van der Waals surface area contributed by atoms with E-state index in [9.17, 15) is 5.11 Å². The maximum Gasteiger partial charge on any atom is 0.187 e. The molecule has 1 aliphatic heterocycles. The summed E-state index contributed by atoms with van der Waals surface area (Å²) < 4.78 is 25.4. The van der Waals surface area contributed by atoms with Gasteiger partial charge in [0, 0.05) is 5.92 Å². The molecule has 0 unspecified atom stereocenters. The molecule has 34 heavy (non-hydrogen) atoms.